The molecular weight excluding hydrogens is 268 g/mol. The molecule has 1 saturated heterocycles. The smallest absolute Gasteiger partial charge is 0.254 e. The van der Waals surface area contributed by atoms with Gasteiger partial charge in [0, 0.05) is 30.3 Å². The van der Waals surface area contributed by atoms with Gasteiger partial charge in [-0.2, -0.15) is 0 Å². The van der Waals surface area contributed by atoms with Crippen LogP contribution < -0.4 is 15.2 Å². The third-order valence-electron chi connectivity index (χ3n) is 4.16. The van der Waals surface area contributed by atoms with Gasteiger partial charge in [0.1, 0.15) is 11.5 Å². The lowest BCUT2D eigenvalue weighted by molar-refractivity contribution is 0.0622. The molecule has 2 N–H and O–H groups in total. The third-order valence-corrected chi connectivity index (χ3v) is 4.16. The van der Waals surface area contributed by atoms with Gasteiger partial charge in [0.15, 0.2) is 0 Å². The van der Waals surface area contributed by atoms with Gasteiger partial charge in [0.2, 0.25) is 0 Å². The Hall–Kier alpha value is -1.75. The van der Waals surface area contributed by atoms with Crippen LogP contribution in [0.5, 0.6) is 11.5 Å². The Morgan fingerprint density at radius 1 is 1.29 bits per heavy atom. The van der Waals surface area contributed by atoms with E-state index >= 15 is 0 Å². The van der Waals surface area contributed by atoms with E-state index in [2.05, 4.69) is 0 Å². The average molecular weight is 292 g/mol. The van der Waals surface area contributed by atoms with Gasteiger partial charge >= 0.3 is 0 Å². The molecule has 1 fully saturated rings. The zero-order chi connectivity index (χ0) is 15.4. The number of nitrogens with zero attached hydrogens (tertiary/aromatic N) is 1. The molecule has 1 aliphatic heterocycles. The van der Waals surface area contributed by atoms with E-state index in [0.29, 0.717) is 23.6 Å². The summed E-state index contributed by atoms with van der Waals surface area (Å²) >= 11 is 0. The van der Waals surface area contributed by atoms with Crippen molar-refractivity contribution in [1.29, 1.82) is 0 Å². The number of hydrogen-bond acceptors (Lipinski definition) is 4. The summed E-state index contributed by atoms with van der Waals surface area (Å²) in [5, 5.41) is 0. The molecule has 2 rings (SSSR count). The monoisotopic (exact) mass is 292 g/mol. The molecule has 1 aromatic carbocycles. The lowest BCUT2D eigenvalue weighted by atomic mass is 10.00. The van der Waals surface area contributed by atoms with Crippen LogP contribution >= 0.6 is 0 Å². The van der Waals surface area contributed by atoms with E-state index in [1.807, 2.05) is 11.8 Å². The molecular formula is C16H24N2O3. The molecule has 0 saturated carbocycles. The van der Waals surface area contributed by atoms with Crippen LogP contribution in [-0.2, 0) is 0 Å². The molecule has 21 heavy (non-hydrogen) atoms. The third kappa shape index (κ3) is 3.13. The zero-order valence-electron chi connectivity index (χ0n) is 13.0. The van der Waals surface area contributed by atoms with Crippen molar-refractivity contribution in [2.24, 2.45) is 5.73 Å². The molecule has 1 amide bonds. The van der Waals surface area contributed by atoms with Crippen molar-refractivity contribution in [3.8, 4) is 11.5 Å². The van der Waals surface area contributed by atoms with E-state index in [4.69, 9.17) is 15.2 Å². The molecule has 0 bridgehead atoms. The van der Waals surface area contributed by atoms with E-state index in [1.165, 1.54) is 0 Å². The van der Waals surface area contributed by atoms with Gasteiger partial charge in [-0.1, -0.05) is 0 Å². The number of likely N-dealkylation sites (tertiary alicyclic amines) is 1. The SMILES string of the molecule is COc1cc(C(=O)N2CCCCC2CN)cc(OC)c1C. The van der Waals surface area contributed by atoms with Crippen molar-refractivity contribution in [2.45, 2.75) is 32.2 Å². The van der Waals surface area contributed by atoms with Crippen LogP contribution in [0, 0.1) is 6.92 Å². The summed E-state index contributed by atoms with van der Waals surface area (Å²) in [6.07, 6.45) is 3.14. The molecule has 0 aliphatic carbocycles. The molecule has 5 heteroatoms. The highest BCUT2D eigenvalue weighted by Gasteiger charge is 2.27. The van der Waals surface area contributed by atoms with Crippen molar-refractivity contribution < 1.29 is 14.3 Å². The molecule has 0 aromatic heterocycles. The van der Waals surface area contributed by atoms with Crippen LogP contribution in [0.1, 0.15) is 35.2 Å². The maximum Gasteiger partial charge on any atom is 0.254 e. The Morgan fingerprint density at radius 2 is 1.90 bits per heavy atom. The van der Waals surface area contributed by atoms with Crippen molar-refractivity contribution in [3.63, 3.8) is 0 Å². The maximum atomic E-state index is 12.8. The van der Waals surface area contributed by atoms with Gasteiger partial charge in [-0.15, -0.1) is 0 Å². The van der Waals surface area contributed by atoms with Crippen molar-refractivity contribution in [1.82, 2.24) is 4.90 Å². The number of rotatable bonds is 4. The largest absolute Gasteiger partial charge is 0.496 e. The van der Waals surface area contributed by atoms with E-state index in [1.54, 1.807) is 26.4 Å². The number of nitrogens with two attached hydrogens (primary N) is 1. The molecule has 1 atom stereocenters. The van der Waals surface area contributed by atoms with E-state index < -0.39 is 0 Å². The van der Waals surface area contributed by atoms with E-state index in [-0.39, 0.29) is 11.9 Å². The fourth-order valence-electron chi connectivity index (χ4n) is 2.89. The van der Waals surface area contributed by atoms with Crippen molar-refractivity contribution >= 4 is 5.91 Å². The van der Waals surface area contributed by atoms with Gasteiger partial charge in [0.25, 0.3) is 5.91 Å². The number of methoxy groups -OCH3 is 2. The number of ether oxygens (including phenoxy) is 2. The van der Waals surface area contributed by atoms with Gasteiger partial charge in [-0.25, -0.2) is 0 Å². The first-order valence-electron chi connectivity index (χ1n) is 7.36. The van der Waals surface area contributed by atoms with Crippen LogP contribution in [0.25, 0.3) is 0 Å². The fourth-order valence-corrected chi connectivity index (χ4v) is 2.89. The Balaban J connectivity index is 2.33. The zero-order valence-corrected chi connectivity index (χ0v) is 13.0. The van der Waals surface area contributed by atoms with Crippen LogP contribution in [0.2, 0.25) is 0 Å². The first-order chi connectivity index (χ1) is 10.1. The Morgan fingerprint density at radius 3 is 2.43 bits per heavy atom. The van der Waals surface area contributed by atoms with Crippen molar-refractivity contribution in [3.05, 3.63) is 23.3 Å². The number of benzene rings is 1. The second-order valence-electron chi connectivity index (χ2n) is 5.39. The number of carbonyl (C=O) groups is 1. The minimum absolute atomic E-state index is 0.00162. The molecule has 0 spiro atoms. The maximum absolute atomic E-state index is 12.8. The molecule has 1 aromatic rings. The highest BCUT2D eigenvalue weighted by Crippen LogP contribution is 2.31. The van der Waals surface area contributed by atoms with E-state index in [9.17, 15) is 4.79 Å². The number of amides is 1. The Labute approximate surface area is 126 Å². The van der Waals surface area contributed by atoms with Gasteiger partial charge in [0.05, 0.1) is 14.2 Å². The minimum Gasteiger partial charge on any atom is -0.496 e. The molecule has 116 valence electrons. The minimum atomic E-state index is 0.00162. The normalized spacial score (nSPS) is 18.5. The molecule has 5 nitrogen and oxygen atoms in total. The summed E-state index contributed by atoms with van der Waals surface area (Å²) in [5.41, 5.74) is 7.29. The summed E-state index contributed by atoms with van der Waals surface area (Å²) in [4.78, 5) is 14.7. The first kappa shape index (κ1) is 15.6. The van der Waals surface area contributed by atoms with Crippen molar-refractivity contribution in [2.75, 3.05) is 27.3 Å². The number of hydrogen-bond donors (Lipinski definition) is 1. The predicted molar refractivity (Wildman–Crippen MR) is 82.0 cm³/mol. The topological polar surface area (TPSA) is 64.8 Å². The molecule has 0 radical (unpaired) electrons. The van der Waals surface area contributed by atoms with Crippen LogP contribution in [-0.4, -0.2) is 44.2 Å². The summed E-state index contributed by atoms with van der Waals surface area (Å²) in [7, 11) is 3.19. The molecule has 1 heterocycles. The molecule has 1 aliphatic rings. The summed E-state index contributed by atoms with van der Waals surface area (Å²) in [5.74, 6) is 1.33. The summed E-state index contributed by atoms with van der Waals surface area (Å²) < 4.78 is 10.7. The number of piperidine rings is 1. The Kier molecular flexibility index (Phi) is 5.07. The fraction of sp³-hybridized carbons (Fsp3) is 0.562. The highest BCUT2D eigenvalue weighted by molar-refractivity contribution is 5.95. The summed E-state index contributed by atoms with van der Waals surface area (Å²) in [6.45, 7) is 3.18. The van der Waals surface area contributed by atoms with Gasteiger partial charge in [-0.3, -0.25) is 4.79 Å². The standard InChI is InChI=1S/C16H24N2O3/c1-11-14(20-2)8-12(9-15(11)21-3)16(19)18-7-5-4-6-13(18)10-17/h8-9,13H,4-7,10,17H2,1-3H3. The van der Waals surface area contributed by atoms with E-state index in [0.717, 1.165) is 31.4 Å². The number of carbonyl (C=O) groups excluding carboxylic acids is 1. The average Bonchev–Trinajstić information content (AvgIpc) is 2.54. The lowest BCUT2D eigenvalue weighted by Crippen LogP contribution is -2.47. The predicted octanol–water partition coefficient (Wildman–Crippen LogP) is 1.97. The van der Waals surface area contributed by atoms with Gasteiger partial charge in [-0.05, 0) is 38.3 Å². The molecule has 1 unspecified atom stereocenters. The van der Waals surface area contributed by atoms with Gasteiger partial charge < -0.3 is 20.1 Å². The quantitative estimate of drug-likeness (QED) is 0.921. The van der Waals surface area contributed by atoms with Crippen LogP contribution in [0.3, 0.4) is 0 Å². The lowest BCUT2D eigenvalue weighted by Gasteiger charge is -2.35. The van der Waals surface area contributed by atoms with Crippen LogP contribution in [0.15, 0.2) is 12.1 Å². The second-order valence-corrected chi connectivity index (χ2v) is 5.39. The van der Waals surface area contributed by atoms with Crippen LogP contribution in [0.4, 0.5) is 0 Å². The Bertz CT molecular complexity index is 491. The highest BCUT2D eigenvalue weighted by atomic mass is 16.5. The second kappa shape index (κ2) is 6.80. The first-order valence-corrected chi connectivity index (χ1v) is 7.36. The summed E-state index contributed by atoms with van der Waals surface area (Å²) in [6, 6.07) is 3.69.